The molecule has 2 aliphatic rings. The van der Waals surface area contributed by atoms with Crippen molar-refractivity contribution in [3.8, 4) is 0 Å². The molecule has 0 N–H and O–H groups in total. The third kappa shape index (κ3) is 2.62. The number of allylic oxidation sites excluding steroid dienone is 6. The van der Waals surface area contributed by atoms with E-state index in [4.69, 9.17) is 0 Å². The summed E-state index contributed by atoms with van der Waals surface area (Å²) < 4.78 is 0. The molecule has 1 fully saturated rings. The van der Waals surface area contributed by atoms with Gasteiger partial charge in [-0.2, -0.15) is 0 Å². The Balaban J connectivity index is 2.46. The summed E-state index contributed by atoms with van der Waals surface area (Å²) >= 11 is 0. The SMILES string of the molecule is CCN1C(C)=CC(=C2C(=O)CC(C)(C)CC2=O)C=C1C. The summed E-state index contributed by atoms with van der Waals surface area (Å²) in [6, 6.07) is 0. The van der Waals surface area contributed by atoms with Crippen LogP contribution in [0.15, 0.2) is 34.7 Å². The van der Waals surface area contributed by atoms with E-state index in [1.165, 1.54) is 0 Å². The molecule has 3 heteroatoms. The summed E-state index contributed by atoms with van der Waals surface area (Å²) in [5.41, 5.74) is 3.15. The predicted octanol–water partition coefficient (Wildman–Crippen LogP) is 3.38. The molecule has 1 aliphatic carbocycles. The summed E-state index contributed by atoms with van der Waals surface area (Å²) in [5, 5.41) is 0. The zero-order valence-electron chi connectivity index (χ0n) is 13.0. The second kappa shape index (κ2) is 5.04. The highest BCUT2D eigenvalue weighted by molar-refractivity contribution is 6.23. The van der Waals surface area contributed by atoms with Crippen LogP contribution in [0.1, 0.15) is 47.5 Å². The molecule has 0 atom stereocenters. The fourth-order valence-corrected chi connectivity index (χ4v) is 3.15. The van der Waals surface area contributed by atoms with Crippen molar-refractivity contribution in [2.75, 3.05) is 6.54 Å². The molecule has 0 radical (unpaired) electrons. The fraction of sp³-hybridized carbons (Fsp3) is 0.529. The minimum atomic E-state index is -0.208. The molecule has 0 aromatic heterocycles. The van der Waals surface area contributed by atoms with E-state index in [1.54, 1.807) is 0 Å². The standard InChI is InChI=1S/C17H23NO2/c1-6-18-11(2)7-13(8-12(18)3)16-14(19)9-17(4,5)10-15(16)20/h7-8H,6,9-10H2,1-5H3. The molecule has 1 heterocycles. The van der Waals surface area contributed by atoms with Crippen molar-refractivity contribution in [3.63, 3.8) is 0 Å². The van der Waals surface area contributed by atoms with Crippen LogP contribution in [0.5, 0.6) is 0 Å². The molecule has 1 saturated carbocycles. The number of nitrogens with zero attached hydrogens (tertiary/aromatic N) is 1. The molecular weight excluding hydrogens is 250 g/mol. The van der Waals surface area contributed by atoms with Gasteiger partial charge in [0.15, 0.2) is 11.6 Å². The lowest BCUT2D eigenvalue weighted by atomic mass is 9.72. The maximum atomic E-state index is 12.3. The summed E-state index contributed by atoms with van der Waals surface area (Å²) in [7, 11) is 0. The molecule has 0 aromatic rings. The third-order valence-corrected chi connectivity index (χ3v) is 4.02. The molecule has 3 nitrogen and oxygen atoms in total. The van der Waals surface area contributed by atoms with Gasteiger partial charge in [0, 0.05) is 30.8 Å². The molecule has 0 unspecified atom stereocenters. The molecule has 0 bridgehead atoms. The van der Waals surface area contributed by atoms with Crippen LogP contribution < -0.4 is 0 Å². The third-order valence-electron chi connectivity index (χ3n) is 4.02. The van der Waals surface area contributed by atoms with Gasteiger partial charge in [-0.15, -0.1) is 0 Å². The first-order chi connectivity index (χ1) is 9.25. The van der Waals surface area contributed by atoms with Gasteiger partial charge in [0.1, 0.15) is 0 Å². The normalized spacial score (nSPS) is 22.9. The number of ketones is 2. The second-order valence-corrected chi connectivity index (χ2v) is 6.51. The Bertz CT molecular complexity index is 518. The molecule has 108 valence electrons. The number of hydrogen-bond donors (Lipinski definition) is 0. The first-order valence-corrected chi connectivity index (χ1v) is 7.20. The molecule has 1 aliphatic heterocycles. The van der Waals surface area contributed by atoms with Gasteiger partial charge in [0.25, 0.3) is 0 Å². The molecule has 2 rings (SSSR count). The van der Waals surface area contributed by atoms with Crippen molar-refractivity contribution in [2.24, 2.45) is 5.41 Å². The second-order valence-electron chi connectivity index (χ2n) is 6.51. The highest BCUT2D eigenvalue weighted by Gasteiger charge is 2.37. The minimum absolute atomic E-state index is 0.0145. The Morgan fingerprint density at radius 3 is 1.90 bits per heavy atom. The van der Waals surface area contributed by atoms with Gasteiger partial charge in [-0.05, 0) is 43.9 Å². The highest BCUT2D eigenvalue weighted by Crippen LogP contribution is 2.36. The Hall–Kier alpha value is -1.64. The van der Waals surface area contributed by atoms with Gasteiger partial charge < -0.3 is 4.90 Å². The number of carbonyl (C=O) groups excluding carboxylic acids is 2. The van der Waals surface area contributed by atoms with Crippen LogP contribution in [-0.4, -0.2) is 23.0 Å². The average Bonchev–Trinajstić information content (AvgIpc) is 2.25. The van der Waals surface area contributed by atoms with Crippen molar-refractivity contribution in [3.05, 3.63) is 34.7 Å². The van der Waals surface area contributed by atoms with Crippen LogP contribution >= 0.6 is 0 Å². The number of Topliss-reactive ketones (excluding diaryl/α,β-unsaturated/α-hetero) is 2. The molecule has 20 heavy (non-hydrogen) atoms. The van der Waals surface area contributed by atoms with Crippen molar-refractivity contribution in [1.29, 1.82) is 0 Å². The maximum Gasteiger partial charge on any atom is 0.167 e. The summed E-state index contributed by atoms with van der Waals surface area (Å²) in [4.78, 5) is 26.8. The fourth-order valence-electron chi connectivity index (χ4n) is 3.15. The zero-order valence-corrected chi connectivity index (χ0v) is 13.0. The Kier molecular flexibility index (Phi) is 3.72. The number of hydrogen-bond acceptors (Lipinski definition) is 3. The van der Waals surface area contributed by atoms with Crippen LogP contribution in [0.25, 0.3) is 0 Å². The van der Waals surface area contributed by atoms with Crippen molar-refractivity contribution in [2.45, 2.75) is 47.5 Å². The van der Waals surface area contributed by atoms with Crippen LogP contribution in [0.4, 0.5) is 0 Å². The largest absolute Gasteiger partial charge is 0.349 e. The lowest BCUT2D eigenvalue weighted by Crippen LogP contribution is -2.32. The average molecular weight is 273 g/mol. The Morgan fingerprint density at radius 2 is 1.50 bits per heavy atom. The van der Waals surface area contributed by atoms with E-state index in [2.05, 4.69) is 11.8 Å². The van der Waals surface area contributed by atoms with E-state index in [0.29, 0.717) is 18.4 Å². The predicted molar refractivity (Wildman–Crippen MR) is 79.9 cm³/mol. The first-order valence-electron chi connectivity index (χ1n) is 7.20. The maximum absolute atomic E-state index is 12.3. The topological polar surface area (TPSA) is 37.4 Å². The van der Waals surface area contributed by atoms with Crippen molar-refractivity contribution >= 4 is 11.6 Å². The zero-order chi connectivity index (χ0) is 15.1. The summed E-state index contributed by atoms with van der Waals surface area (Å²) in [6.45, 7) is 11.0. The van der Waals surface area contributed by atoms with E-state index in [0.717, 1.165) is 23.5 Å². The lowest BCUT2D eigenvalue weighted by Gasteiger charge is -2.32. The van der Waals surface area contributed by atoms with Gasteiger partial charge in [0.05, 0.1) is 5.57 Å². The van der Waals surface area contributed by atoms with Gasteiger partial charge in [-0.25, -0.2) is 0 Å². The molecule has 0 spiro atoms. The summed E-state index contributed by atoms with van der Waals surface area (Å²) in [6.07, 6.45) is 4.82. The van der Waals surface area contributed by atoms with E-state index < -0.39 is 0 Å². The van der Waals surface area contributed by atoms with Crippen LogP contribution in [0, 0.1) is 5.41 Å². The van der Waals surface area contributed by atoms with E-state index >= 15 is 0 Å². The van der Waals surface area contributed by atoms with E-state index in [-0.39, 0.29) is 17.0 Å². The molecule has 0 saturated heterocycles. The minimum Gasteiger partial charge on any atom is -0.349 e. The quantitative estimate of drug-likeness (QED) is 0.543. The lowest BCUT2D eigenvalue weighted by molar-refractivity contribution is -0.127. The number of rotatable bonds is 1. The number of carbonyl (C=O) groups is 2. The van der Waals surface area contributed by atoms with Crippen LogP contribution in [0.2, 0.25) is 0 Å². The van der Waals surface area contributed by atoms with Gasteiger partial charge in [-0.3, -0.25) is 9.59 Å². The molecule has 0 amide bonds. The van der Waals surface area contributed by atoms with E-state index in [9.17, 15) is 9.59 Å². The smallest absolute Gasteiger partial charge is 0.167 e. The van der Waals surface area contributed by atoms with E-state index in [1.807, 2.05) is 39.8 Å². The molecular formula is C17H23NO2. The highest BCUT2D eigenvalue weighted by atomic mass is 16.1. The Morgan fingerprint density at radius 1 is 1.05 bits per heavy atom. The van der Waals surface area contributed by atoms with Gasteiger partial charge >= 0.3 is 0 Å². The van der Waals surface area contributed by atoms with Crippen molar-refractivity contribution in [1.82, 2.24) is 4.90 Å². The van der Waals surface area contributed by atoms with Gasteiger partial charge in [-0.1, -0.05) is 13.8 Å². The van der Waals surface area contributed by atoms with Gasteiger partial charge in [0.2, 0.25) is 0 Å². The van der Waals surface area contributed by atoms with Crippen molar-refractivity contribution < 1.29 is 9.59 Å². The summed E-state index contributed by atoms with van der Waals surface area (Å²) in [5.74, 6) is -0.0291. The Labute approximate surface area is 121 Å². The monoisotopic (exact) mass is 273 g/mol. The van der Waals surface area contributed by atoms with Crippen LogP contribution in [-0.2, 0) is 9.59 Å². The molecule has 0 aromatic carbocycles. The first kappa shape index (κ1) is 14.8. The van der Waals surface area contributed by atoms with Crippen LogP contribution in [0.3, 0.4) is 0 Å².